The monoisotopic (exact) mass is 375 g/mol. The standard InChI is InChI=1S/C24H26NOP/c1-17-13-14-22(19(15-17)16-25-20-10-6-5-7-11-20)27-24(3,4)21-12-8-9-18(2)23(21)26/h5-16,26-27H,1-4H3/b25-16+. The third-order valence-electron chi connectivity index (χ3n) is 4.67. The minimum atomic E-state index is -0.166. The van der Waals surface area contributed by atoms with Crippen LogP contribution in [0.4, 0.5) is 5.69 Å². The SMILES string of the molecule is Cc1ccc(PC(C)(C)c2cccc(C)c2O)c(/C=N/c2ccccc2)c1. The Morgan fingerprint density at radius 3 is 2.41 bits per heavy atom. The molecule has 0 aromatic heterocycles. The number of phenolic OH excluding ortho intramolecular Hbond substituents is 1. The molecule has 0 saturated carbocycles. The number of rotatable bonds is 5. The third-order valence-corrected chi connectivity index (χ3v) is 6.29. The van der Waals surface area contributed by atoms with E-state index < -0.39 is 0 Å². The first-order chi connectivity index (χ1) is 12.9. The fourth-order valence-corrected chi connectivity index (χ4v) is 4.59. The van der Waals surface area contributed by atoms with Gasteiger partial charge in [-0.15, -0.1) is 0 Å². The maximum atomic E-state index is 10.6. The van der Waals surface area contributed by atoms with Crippen LogP contribution in [-0.2, 0) is 5.16 Å². The van der Waals surface area contributed by atoms with E-state index in [1.165, 1.54) is 10.9 Å². The van der Waals surface area contributed by atoms with Gasteiger partial charge in [0.15, 0.2) is 0 Å². The summed E-state index contributed by atoms with van der Waals surface area (Å²) in [7, 11) is 0.513. The highest BCUT2D eigenvalue weighted by atomic mass is 31.1. The van der Waals surface area contributed by atoms with Gasteiger partial charge in [-0.3, -0.25) is 4.99 Å². The molecule has 138 valence electrons. The molecule has 0 radical (unpaired) electrons. The van der Waals surface area contributed by atoms with Crippen LogP contribution in [0, 0.1) is 13.8 Å². The average molecular weight is 375 g/mol. The van der Waals surface area contributed by atoms with Gasteiger partial charge in [-0.1, -0.05) is 76.5 Å². The molecule has 27 heavy (non-hydrogen) atoms. The molecule has 1 N–H and O–H groups in total. The molecule has 0 saturated heterocycles. The van der Waals surface area contributed by atoms with E-state index in [4.69, 9.17) is 0 Å². The fourth-order valence-electron chi connectivity index (χ4n) is 3.13. The van der Waals surface area contributed by atoms with Crippen LogP contribution < -0.4 is 5.30 Å². The molecule has 0 amide bonds. The van der Waals surface area contributed by atoms with E-state index in [-0.39, 0.29) is 5.16 Å². The van der Waals surface area contributed by atoms with Crippen LogP contribution in [0.15, 0.2) is 71.7 Å². The van der Waals surface area contributed by atoms with Crippen molar-refractivity contribution in [3.05, 3.63) is 89.0 Å². The van der Waals surface area contributed by atoms with Gasteiger partial charge < -0.3 is 5.11 Å². The Hall–Kier alpha value is -2.44. The summed E-state index contributed by atoms with van der Waals surface area (Å²) < 4.78 is 0. The lowest BCUT2D eigenvalue weighted by Crippen LogP contribution is -2.17. The number of para-hydroxylation sites is 2. The predicted molar refractivity (Wildman–Crippen MR) is 119 cm³/mol. The summed E-state index contributed by atoms with van der Waals surface area (Å²) in [6.07, 6.45) is 1.96. The maximum Gasteiger partial charge on any atom is 0.122 e. The molecular weight excluding hydrogens is 349 g/mol. The molecule has 0 aliphatic carbocycles. The molecule has 3 heteroatoms. The first kappa shape index (κ1) is 19.3. The molecule has 3 aromatic carbocycles. The molecule has 2 nitrogen and oxygen atoms in total. The Labute approximate surface area is 163 Å². The van der Waals surface area contributed by atoms with Crippen LogP contribution >= 0.6 is 8.58 Å². The van der Waals surface area contributed by atoms with Crippen molar-refractivity contribution in [2.24, 2.45) is 4.99 Å². The third kappa shape index (κ3) is 4.64. The summed E-state index contributed by atoms with van der Waals surface area (Å²) >= 11 is 0. The van der Waals surface area contributed by atoms with Crippen LogP contribution in [0.3, 0.4) is 0 Å². The second kappa shape index (κ2) is 8.06. The van der Waals surface area contributed by atoms with E-state index >= 15 is 0 Å². The van der Waals surface area contributed by atoms with E-state index in [1.807, 2.05) is 61.7 Å². The highest BCUT2D eigenvalue weighted by Crippen LogP contribution is 2.45. The summed E-state index contributed by atoms with van der Waals surface area (Å²) in [6, 6.07) is 22.5. The number of hydrogen-bond acceptors (Lipinski definition) is 2. The lowest BCUT2D eigenvalue weighted by atomic mass is 9.99. The van der Waals surface area contributed by atoms with Gasteiger partial charge in [-0.25, -0.2) is 0 Å². The Kier molecular flexibility index (Phi) is 5.77. The van der Waals surface area contributed by atoms with Crippen molar-refractivity contribution in [2.75, 3.05) is 0 Å². The van der Waals surface area contributed by atoms with Crippen LogP contribution in [0.1, 0.15) is 36.1 Å². The number of aliphatic imine (C=N–C) groups is 1. The number of hydrogen-bond donors (Lipinski definition) is 1. The van der Waals surface area contributed by atoms with Crippen molar-refractivity contribution in [1.29, 1.82) is 0 Å². The van der Waals surface area contributed by atoms with Gasteiger partial charge in [0, 0.05) is 22.5 Å². The lowest BCUT2D eigenvalue weighted by Gasteiger charge is -2.28. The summed E-state index contributed by atoms with van der Waals surface area (Å²) in [5.41, 5.74) is 5.21. The normalized spacial score (nSPS) is 12.3. The molecule has 3 aromatic rings. The van der Waals surface area contributed by atoms with Crippen LogP contribution in [0.5, 0.6) is 5.75 Å². The van der Waals surface area contributed by atoms with Gasteiger partial charge >= 0.3 is 0 Å². The predicted octanol–water partition coefficient (Wildman–Crippen LogP) is 6.00. The minimum absolute atomic E-state index is 0.166. The van der Waals surface area contributed by atoms with Crippen LogP contribution in [-0.4, -0.2) is 11.3 Å². The van der Waals surface area contributed by atoms with Crippen molar-refractivity contribution in [2.45, 2.75) is 32.9 Å². The number of phenols is 1. The summed E-state index contributed by atoms with van der Waals surface area (Å²) in [5, 5.41) is 11.6. The molecule has 0 fully saturated rings. The van der Waals surface area contributed by atoms with Gasteiger partial charge in [0.1, 0.15) is 5.75 Å². The van der Waals surface area contributed by atoms with Crippen LogP contribution in [0.25, 0.3) is 0 Å². The zero-order chi connectivity index (χ0) is 19.4. The number of benzene rings is 3. The first-order valence-electron chi connectivity index (χ1n) is 9.14. The van der Waals surface area contributed by atoms with E-state index in [2.05, 4.69) is 44.0 Å². The highest BCUT2D eigenvalue weighted by Gasteiger charge is 2.25. The molecule has 1 atom stereocenters. The van der Waals surface area contributed by atoms with Gasteiger partial charge in [-0.05, 0) is 42.9 Å². The Morgan fingerprint density at radius 1 is 0.926 bits per heavy atom. The molecule has 0 bridgehead atoms. The van der Waals surface area contributed by atoms with E-state index in [1.54, 1.807) is 0 Å². The molecule has 0 heterocycles. The Bertz CT molecular complexity index is 961. The van der Waals surface area contributed by atoms with Crippen molar-refractivity contribution in [1.82, 2.24) is 0 Å². The molecule has 0 aliphatic rings. The van der Waals surface area contributed by atoms with Gasteiger partial charge in [-0.2, -0.15) is 0 Å². The quantitative estimate of drug-likeness (QED) is 0.431. The number of nitrogens with zero attached hydrogens (tertiary/aromatic N) is 1. The molecule has 1 unspecified atom stereocenters. The molecule has 0 spiro atoms. The van der Waals surface area contributed by atoms with E-state index in [0.717, 1.165) is 22.4 Å². The summed E-state index contributed by atoms with van der Waals surface area (Å²) in [5.74, 6) is 0.404. The zero-order valence-electron chi connectivity index (χ0n) is 16.3. The van der Waals surface area contributed by atoms with Gasteiger partial charge in [0.25, 0.3) is 0 Å². The van der Waals surface area contributed by atoms with Crippen LogP contribution in [0.2, 0.25) is 0 Å². The fraction of sp³-hybridized carbons (Fsp3) is 0.208. The smallest absolute Gasteiger partial charge is 0.122 e. The van der Waals surface area contributed by atoms with E-state index in [0.29, 0.717) is 14.3 Å². The topological polar surface area (TPSA) is 32.6 Å². The minimum Gasteiger partial charge on any atom is -0.507 e. The van der Waals surface area contributed by atoms with Crippen molar-refractivity contribution < 1.29 is 5.11 Å². The second-order valence-corrected chi connectivity index (χ2v) is 9.44. The van der Waals surface area contributed by atoms with Gasteiger partial charge in [0.05, 0.1) is 5.69 Å². The largest absolute Gasteiger partial charge is 0.507 e. The summed E-state index contributed by atoms with van der Waals surface area (Å²) in [4.78, 5) is 4.64. The lowest BCUT2D eigenvalue weighted by molar-refractivity contribution is 0.457. The maximum absolute atomic E-state index is 10.6. The second-order valence-electron chi connectivity index (χ2n) is 7.41. The van der Waals surface area contributed by atoms with E-state index in [9.17, 15) is 5.11 Å². The number of aryl methyl sites for hydroxylation is 2. The van der Waals surface area contributed by atoms with Crippen molar-refractivity contribution >= 4 is 25.8 Å². The highest BCUT2D eigenvalue weighted by molar-refractivity contribution is 7.48. The first-order valence-corrected chi connectivity index (χ1v) is 10.1. The average Bonchev–Trinajstić information content (AvgIpc) is 2.64. The van der Waals surface area contributed by atoms with Crippen molar-refractivity contribution in [3.63, 3.8) is 0 Å². The molecule has 3 rings (SSSR count). The van der Waals surface area contributed by atoms with Crippen molar-refractivity contribution in [3.8, 4) is 5.75 Å². The Morgan fingerprint density at radius 2 is 1.67 bits per heavy atom. The Balaban J connectivity index is 1.95. The zero-order valence-corrected chi connectivity index (χ0v) is 17.3. The summed E-state index contributed by atoms with van der Waals surface area (Å²) in [6.45, 7) is 8.43. The molecule has 0 aliphatic heterocycles. The van der Waals surface area contributed by atoms with Gasteiger partial charge in [0.2, 0.25) is 0 Å². The molecular formula is C24H26NOP. The number of aromatic hydroxyl groups is 1.